The number of benzene rings is 2. The number of anilines is 2. The number of hydrogen-bond acceptors (Lipinski definition) is 5. The van der Waals surface area contributed by atoms with Crippen LogP contribution in [0.15, 0.2) is 57.8 Å². The van der Waals surface area contributed by atoms with Crippen LogP contribution in [0.3, 0.4) is 0 Å². The van der Waals surface area contributed by atoms with Crippen molar-refractivity contribution in [3.8, 4) is 5.69 Å². The van der Waals surface area contributed by atoms with E-state index in [9.17, 15) is 14.4 Å². The van der Waals surface area contributed by atoms with Crippen LogP contribution in [0.25, 0.3) is 5.69 Å². The van der Waals surface area contributed by atoms with Gasteiger partial charge in [0.15, 0.2) is 6.10 Å². The summed E-state index contributed by atoms with van der Waals surface area (Å²) in [4.78, 5) is 37.9. The van der Waals surface area contributed by atoms with Gasteiger partial charge in [-0.05, 0) is 44.2 Å². The van der Waals surface area contributed by atoms with E-state index in [1.807, 2.05) is 18.2 Å². The molecule has 30 heavy (non-hydrogen) atoms. The molecule has 0 bridgehead atoms. The maximum atomic E-state index is 12.9. The minimum absolute atomic E-state index is 0.122. The van der Waals surface area contributed by atoms with Gasteiger partial charge in [-0.25, -0.2) is 9.48 Å². The fourth-order valence-corrected chi connectivity index (χ4v) is 3.28. The first-order valence-electron chi connectivity index (χ1n) is 9.11. The lowest BCUT2D eigenvalue weighted by molar-refractivity contribution is -0.123. The Balaban J connectivity index is 1.80. The number of carbonyl (C=O) groups is 2. The van der Waals surface area contributed by atoms with Crippen LogP contribution in [0.5, 0.6) is 0 Å². The van der Waals surface area contributed by atoms with Crippen LogP contribution in [-0.4, -0.2) is 27.3 Å². The normalized spacial score (nSPS) is 11.7. The smallest absolute Gasteiger partial charge is 0.341 e. The highest BCUT2D eigenvalue weighted by Gasteiger charge is 2.24. The van der Waals surface area contributed by atoms with Crippen molar-refractivity contribution < 1.29 is 14.3 Å². The van der Waals surface area contributed by atoms with Gasteiger partial charge in [0, 0.05) is 17.2 Å². The summed E-state index contributed by atoms with van der Waals surface area (Å²) >= 11 is 3.27. The second-order valence-electron chi connectivity index (χ2n) is 6.70. The second kappa shape index (κ2) is 8.58. The average Bonchev–Trinajstić information content (AvgIpc) is 2.93. The van der Waals surface area contributed by atoms with Crippen molar-refractivity contribution in [2.45, 2.75) is 20.0 Å². The Labute approximate surface area is 181 Å². The van der Waals surface area contributed by atoms with Gasteiger partial charge in [-0.3, -0.25) is 14.3 Å². The van der Waals surface area contributed by atoms with Crippen LogP contribution in [0.4, 0.5) is 11.4 Å². The Morgan fingerprint density at radius 2 is 1.83 bits per heavy atom. The summed E-state index contributed by atoms with van der Waals surface area (Å²) in [5.74, 6) is -1.36. The monoisotopic (exact) mass is 472 g/mol. The molecule has 0 spiro atoms. The van der Waals surface area contributed by atoms with Crippen molar-refractivity contribution in [3.05, 3.63) is 74.6 Å². The summed E-state index contributed by atoms with van der Waals surface area (Å²) in [7, 11) is 1.72. The number of nitrogens with one attached hydrogen (secondary N) is 1. The SMILES string of the molecule is Cc1c(NC(=O)C(C)OC(=O)c2cc(Br)ccc2N)c(=O)n(-c2ccccc2)n1C. The van der Waals surface area contributed by atoms with Crippen molar-refractivity contribution in [1.29, 1.82) is 0 Å². The third-order valence-corrected chi connectivity index (χ3v) is 5.18. The van der Waals surface area contributed by atoms with Gasteiger partial charge < -0.3 is 15.8 Å². The molecule has 3 N–H and O–H groups in total. The molecule has 0 saturated heterocycles. The third-order valence-electron chi connectivity index (χ3n) is 4.69. The molecular formula is C21H21BrN4O4. The first-order chi connectivity index (χ1) is 14.2. The molecule has 1 atom stereocenters. The van der Waals surface area contributed by atoms with E-state index in [2.05, 4.69) is 21.2 Å². The summed E-state index contributed by atoms with van der Waals surface area (Å²) in [6, 6.07) is 13.8. The number of esters is 1. The molecule has 3 rings (SSSR count). The summed E-state index contributed by atoms with van der Waals surface area (Å²) in [5, 5.41) is 2.58. The molecule has 0 fully saturated rings. The molecule has 0 radical (unpaired) electrons. The minimum Gasteiger partial charge on any atom is -0.449 e. The predicted molar refractivity (Wildman–Crippen MR) is 118 cm³/mol. The topological polar surface area (TPSA) is 108 Å². The number of rotatable bonds is 5. The van der Waals surface area contributed by atoms with Gasteiger partial charge in [0.25, 0.3) is 11.5 Å². The molecule has 0 aliphatic carbocycles. The second-order valence-corrected chi connectivity index (χ2v) is 7.62. The molecule has 8 nitrogen and oxygen atoms in total. The lowest BCUT2D eigenvalue weighted by atomic mass is 10.2. The number of halogens is 1. The maximum Gasteiger partial charge on any atom is 0.341 e. The summed E-state index contributed by atoms with van der Waals surface area (Å²) < 4.78 is 8.99. The standard InChI is InChI=1S/C21H21BrN4O4/c1-12-18(20(28)26(25(12)3)15-7-5-4-6-8-15)24-19(27)13(2)30-21(29)16-11-14(22)9-10-17(16)23/h4-11,13H,23H2,1-3H3,(H,24,27). The molecule has 0 saturated carbocycles. The zero-order valence-electron chi connectivity index (χ0n) is 16.7. The van der Waals surface area contributed by atoms with E-state index >= 15 is 0 Å². The van der Waals surface area contributed by atoms with Gasteiger partial charge >= 0.3 is 5.97 Å². The number of ether oxygens (including phenoxy) is 1. The van der Waals surface area contributed by atoms with Gasteiger partial charge in [0.1, 0.15) is 5.69 Å². The molecule has 1 heterocycles. The van der Waals surface area contributed by atoms with E-state index in [1.54, 1.807) is 42.9 Å². The van der Waals surface area contributed by atoms with Crippen molar-refractivity contribution in [1.82, 2.24) is 9.36 Å². The molecule has 1 unspecified atom stereocenters. The Morgan fingerprint density at radius 1 is 1.17 bits per heavy atom. The van der Waals surface area contributed by atoms with E-state index < -0.39 is 18.0 Å². The van der Waals surface area contributed by atoms with Crippen molar-refractivity contribution in [2.75, 3.05) is 11.1 Å². The highest BCUT2D eigenvalue weighted by molar-refractivity contribution is 9.10. The zero-order valence-corrected chi connectivity index (χ0v) is 18.3. The van der Waals surface area contributed by atoms with Crippen molar-refractivity contribution in [3.63, 3.8) is 0 Å². The Kier molecular flexibility index (Phi) is 6.12. The van der Waals surface area contributed by atoms with Gasteiger partial charge in [0.2, 0.25) is 0 Å². The first-order valence-corrected chi connectivity index (χ1v) is 9.91. The number of nitrogens with two attached hydrogens (primary N) is 1. The van der Waals surface area contributed by atoms with Gasteiger partial charge in [-0.2, -0.15) is 0 Å². The van der Waals surface area contributed by atoms with Crippen LogP contribution in [0, 0.1) is 6.92 Å². The quantitative estimate of drug-likeness (QED) is 0.438. The Hall–Kier alpha value is -3.33. The molecule has 1 aromatic heterocycles. The van der Waals surface area contributed by atoms with Crippen LogP contribution in [-0.2, 0) is 16.6 Å². The number of nitrogens with zero attached hydrogens (tertiary/aromatic N) is 2. The number of amides is 1. The molecular weight excluding hydrogens is 452 g/mol. The lowest BCUT2D eigenvalue weighted by Gasteiger charge is -2.14. The number of carbonyl (C=O) groups excluding carboxylic acids is 2. The Morgan fingerprint density at radius 3 is 2.50 bits per heavy atom. The lowest BCUT2D eigenvalue weighted by Crippen LogP contribution is -2.32. The molecule has 0 aliphatic heterocycles. The minimum atomic E-state index is -1.14. The number of aromatic nitrogens is 2. The molecule has 2 aromatic carbocycles. The number of hydrogen-bond donors (Lipinski definition) is 2. The maximum absolute atomic E-state index is 12.9. The highest BCUT2D eigenvalue weighted by atomic mass is 79.9. The van der Waals surface area contributed by atoms with E-state index in [4.69, 9.17) is 10.5 Å². The summed E-state index contributed by atoms with van der Waals surface area (Å²) in [6.45, 7) is 3.14. The molecule has 1 amide bonds. The highest BCUT2D eigenvalue weighted by Crippen LogP contribution is 2.20. The third kappa shape index (κ3) is 4.16. The fourth-order valence-electron chi connectivity index (χ4n) is 2.92. The van der Waals surface area contributed by atoms with Gasteiger partial charge in [0.05, 0.1) is 16.9 Å². The molecule has 0 aliphatic rings. The van der Waals surface area contributed by atoms with E-state index in [0.29, 0.717) is 15.9 Å². The number of para-hydroxylation sites is 1. The van der Waals surface area contributed by atoms with Gasteiger partial charge in [-0.1, -0.05) is 34.1 Å². The molecule has 3 aromatic rings. The van der Waals surface area contributed by atoms with E-state index in [-0.39, 0.29) is 22.5 Å². The van der Waals surface area contributed by atoms with E-state index in [0.717, 1.165) is 0 Å². The van der Waals surface area contributed by atoms with Gasteiger partial charge in [-0.15, -0.1) is 0 Å². The predicted octanol–water partition coefficient (Wildman–Crippen LogP) is 3.01. The van der Waals surface area contributed by atoms with Crippen LogP contribution < -0.4 is 16.6 Å². The van der Waals surface area contributed by atoms with E-state index in [1.165, 1.54) is 17.7 Å². The fraction of sp³-hybridized carbons (Fsp3) is 0.190. The van der Waals surface area contributed by atoms with Crippen LogP contribution in [0.1, 0.15) is 23.0 Å². The average molecular weight is 473 g/mol. The van der Waals surface area contributed by atoms with Crippen molar-refractivity contribution >= 4 is 39.2 Å². The summed E-state index contributed by atoms with van der Waals surface area (Å²) in [6.07, 6.45) is -1.14. The van der Waals surface area contributed by atoms with Crippen molar-refractivity contribution in [2.24, 2.45) is 7.05 Å². The Bertz CT molecular complexity index is 1170. The first kappa shape index (κ1) is 21.4. The molecule has 9 heteroatoms. The van der Waals surface area contributed by atoms with Crippen LogP contribution in [0.2, 0.25) is 0 Å². The number of nitrogen functional groups attached to an aromatic ring is 1. The molecule has 156 valence electrons. The van der Waals surface area contributed by atoms with Crippen LogP contribution >= 0.6 is 15.9 Å². The zero-order chi connectivity index (χ0) is 22.0. The largest absolute Gasteiger partial charge is 0.449 e. The summed E-state index contributed by atoms with van der Waals surface area (Å²) in [5.41, 5.74) is 7.16.